The maximum Gasteiger partial charge on any atom is 0.348 e. The van der Waals surface area contributed by atoms with Gasteiger partial charge in [0.15, 0.2) is 5.78 Å². The van der Waals surface area contributed by atoms with E-state index in [1.807, 2.05) is 0 Å². The van der Waals surface area contributed by atoms with E-state index in [0.717, 1.165) is 11.3 Å². The summed E-state index contributed by atoms with van der Waals surface area (Å²) >= 11 is 1.08. The van der Waals surface area contributed by atoms with Gasteiger partial charge >= 0.3 is 5.97 Å². The summed E-state index contributed by atoms with van der Waals surface area (Å²) in [5, 5.41) is 39.2. The number of carbonyl (C=O) groups is 2. The van der Waals surface area contributed by atoms with Gasteiger partial charge in [-0.2, -0.15) is 0 Å². The second kappa shape index (κ2) is 6.94. The van der Waals surface area contributed by atoms with Crippen molar-refractivity contribution in [3.8, 4) is 0 Å². The molecule has 1 aromatic rings. The van der Waals surface area contributed by atoms with Crippen LogP contribution in [0.4, 0.5) is 0 Å². The number of hydrogen-bond acceptors (Lipinski definition) is 9. The molecular formula is C16H18O8S. The SMILES string of the molecule is COC(=O)c1cc2c(s1)C=C(C1OC(CO)C(O)C(O)C1O)CC2=O. The smallest absolute Gasteiger partial charge is 0.348 e. The minimum absolute atomic E-state index is 0.0625. The lowest BCUT2D eigenvalue weighted by Gasteiger charge is -2.41. The number of ether oxygens (including phenoxy) is 2. The van der Waals surface area contributed by atoms with E-state index in [0.29, 0.717) is 16.0 Å². The summed E-state index contributed by atoms with van der Waals surface area (Å²) in [4.78, 5) is 24.8. The van der Waals surface area contributed by atoms with Crippen molar-refractivity contribution >= 4 is 29.2 Å². The lowest BCUT2D eigenvalue weighted by Crippen LogP contribution is -2.59. The van der Waals surface area contributed by atoms with Crippen LogP contribution in [0, 0.1) is 0 Å². The van der Waals surface area contributed by atoms with Crippen molar-refractivity contribution in [3.63, 3.8) is 0 Å². The highest BCUT2D eigenvalue weighted by atomic mass is 32.1. The first kappa shape index (κ1) is 18.2. The molecule has 0 aromatic carbocycles. The zero-order valence-electron chi connectivity index (χ0n) is 13.3. The van der Waals surface area contributed by atoms with Gasteiger partial charge in [0.05, 0.1) is 13.7 Å². The predicted molar refractivity (Wildman–Crippen MR) is 86.4 cm³/mol. The second-order valence-electron chi connectivity index (χ2n) is 5.95. The van der Waals surface area contributed by atoms with Crippen LogP contribution in [0.2, 0.25) is 0 Å². The molecule has 9 heteroatoms. The lowest BCUT2D eigenvalue weighted by molar-refractivity contribution is -0.219. The molecule has 25 heavy (non-hydrogen) atoms. The van der Waals surface area contributed by atoms with Crippen molar-refractivity contribution in [2.24, 2.45) is 0 Å². The monoisotopic (exact) mass is 370 g/mol. The zero-order chi connectivity index (χ0) is 18.3. The Kier molecular flexibility index (Phi) is 5.05. The molecule has 1 saturated heterocycles. The van der Waals surface area contributed by atoms with Gasteiger partial charge in [0.1, 0.15) is 35.4 Å². The van der Waals surface area contributed by atoms with Crippen LogP contribution in [0.5, 0.6) is 0 Å². The number of aliphatic hydroxyl groups excluding tert-OH is 4. The van der Waals surface area contributed by atoms with Crippen LogP contribution in [0.1, 0.15) is 31.3 Å². The number of aliphatic hydroxyl groups is 4. The standard InChI is InChI=1S/C16H18O8S/c1-23-16(22)11-4-7-8(18)2-6(3-10(7)25-11)15-14(21)13(20)12(19)9(5-17)24-15/h3-4,9,12-15,17,19-21H,2,5H2,1H3. The quantitative estimate of drug-likeness (QED) is 0.516. The number of methoxy groups -OCH3 is 1. The van der Waals surface area contributed by atoms with E-state index in [1.165, 1.54) is 13.2 Å². The summed E-state index contributed by atoms with van der Waals surface area (Å²) in [6.45, 7) is -0.542. The lowest BCUT2D eigenvalue weighted by atomic mass is 9.86. The number of thiophene rings is 1. The molecule has 0 radical (unpaired) electrons. The van der Waals surface area contributed by atoms with Crippen molar-refractivity contribution in [1.82, 2.24) is 0 Å². The third kappa shape index (κ3) is 3.14. The third-order valence-corrected chi connectivity index (χ3v) is 5.45. The number of Topliss-reactive ketones (excluding diaryl/α,β-unsaturated/α-hetero) is 1. The van der Waals surface area contributed by atoms with Crippen LogP contribution in [-0.2, 0) is 9.47 Å². The minimum atomic E-state index is -1.51. The molecule has 0 amide bonds. The van der Waals surface area contributed by atoms with Gasteiger partial charge in [-0.15, -0.1) is 11.3 Å². The van der Waals surface area contributed by atoms with Gasteiger partial charge in [-0.3, -0.25) is 4.79 Å². The van der Waals surface area contributed by atoms with Crippen molar-refractivity contribution < 1.29 is 39.5 Å². The molecule has 3 rings (SSSR count). The number of rotatable bonds is 3. The fraction of sp³-hybridized carbons (Fsp3) is 0.500. The van der Waals surface area contributed by atoms with Crippen molar-refractivity contribution in [2.45, 2.75) is 36.9 Å². The number of carbonyl (C=O) groups excluding carboxylic acids is 2. The first-order valence-corrected chi connectivity index (χ1v) is 8.45. The molecule has 5 unspecified atom stereocenters. The molecule has 0 saturated carbocycles. The van der Waals surface area contributed by atoms with E-state index in [4.69, 9.17) is 4.74 Å². The van der Waals surface area contributed by atoms with E-state index >= 15 is 0 Å². The Bertz CT molecular complexity index is 722. The largest absolute Gasteiger partial charge is 0.465 e. The van der Waals surface area contributed by atoms with Crippen LogP contribution in [0.25, 0.3) is 6.08 Å². The number of hydrogen-bond donors (Lipinski definition) is 4. The molecule has 5 atom stereocenters. The molecule has 1 aromatic heterocycles. The highest BCUT2D eigenvalue weighted by molar-refractivity contribution is 7.15. The minimum Gasteiger partial charge on any atom is -0.465 e. The maximum absolute atomic E-state index is 12.4. The van der Waals surface area contributed by atoms with Crippen LogP contribution in [-0.4, -0.2) is 76.4 Å². The number of ketones is 1. The fourth-order valence-corrected chi connectivity index (χ4v) is 4.10. The van der Waals surface area contributed by atoms with E-state index < -0.39 is 43.1 Å². The molecule has 0 spiro atoms. The molecule has 2 aliphatic rings. The Morgan fingerprint density at radius 1 is 1.32 bits per heavy atom. The van der Waals surface area contributed by atoms with Gasteiger partial charge < -0.3 is 29.9 Å². The maximum atomic E-state index is 12.4. The summed E-state index contributed by atoms with van der Waals surface area (Å²) < 4.78 is 10.1. The molecule has 0 bridgehead atoms. The molecule has 1 aliphatic heterocycles. The van der Waals surface area contributed by atoms with Crippen LogP contribution >= 0.6 is 11.3 Å². The fourth-order valence-electron chi connectivity index (χ4n) is 3.02. The predicted octanol–water partition coefficient (Wildman–Crippen LogP) is -0.653. The third-order valence-electron chi connectivity index (χ3n) is 4.39. The van der Waals surface area contributed by atoms with E-state index in [1.54, 1.807) is 6.08 Å². The number of esters is 1. The summed E-state index contributed by atoms with van der Waals surface area (Å²) in [6, 6.07) is 1.47. The van der Waals surface area contributed by atoms with Gasteiger partial charge in [-0.25, -0.2) is 4.79 Å². The Morgan fingerprint density at radius 3 is 2.68 bits per heavy atom. The summed E-state index contributed by atoms with van der Waals surface area (Å²) in [5.41, 5.74) is 0.798. The average molecular weight is 370 g/mol. The van der Waals surface area contributed by atoms with Crippen LogP contribution < -0.4 is 0 Å². The van der Waals surface area contributed by atoms with Crippen molar-refractivity contribution in [2.75, 3.05) is 13.7 Å². The van der Waals surface area contributed by atoms with Gasteiger partial charge in [0, 0.05) is 16.9 Å². The topological polar surface area (TPSA) is 134 Å². The first-order valence-electron chi connectivity index (χ1n) is 7.63. The van der Waals surface area contributed by atoms with Gasteiger partial charge in [0.2, 0.25) is 0 Å². The molecule has 1 aliphatic carbocycles. The molecule has 4 N–H and O–H groups in total. The zero-order valence-corrected chi connectivity index (χ0v) is 14.1. The molecular weight excluding hydrogens is 352 g/mol. The Balaban J connectivity index is 1.94. The number of fused-ring (bicyclic) bond motifs is 1. The van der Waals surface area contributed by atoms with Crippen molar-refractivity contribution in [1.29, 1.82) is 0 Å². The summed E-state index contributed by atoms with van der Waals surface area (Å²) in [6.07, 6.45) is -4.95. The highest BCUT2D eigenvalue weighted by Crippen LogP contribution is 2.36. The summed E-state index contributed by atoms with van der Waals surface area (Å²) in [7, 11) is 1.25. The molecule has 2 heterocycles. The van der Waals surface area contributed by atoms with E-state index in [2.05, 4.69) is 4.74 Å². The van der Waals surface area contributed by atoms with Crippen molar-refractivity contribution in [3.05, 3.63) is 27.0 Å². The first-order chi connectivity index (χ1) is 11.9. The summed E-state index contributed by atoms with van der Waals surface area (Å²) in [5.74, 6) is -0.800. The van der Waals surface area contributed by atoms with Gasteiger partial charge in [-0.05, 0) is 17.7 Å². The van der Waals surface area contributed by atoms with Gasteiger partial charge in [-0.1, -0.05) is 0 Å². The van der Waals surface area contributed by atoms with E-state index in [-0.39, 0.29) is 17.1 Å². The second-order valence-corrected chi connectivity index (χ2v) is 7.03. The average Bonchev–Trinajstić information content (AvgIpc) is 3.04. The Hall–Kier alpha value is -1.62. The Labute approximate surface area is 146 Å². The molecule has 8 nitrogen and oxygen atoms in total. The van der Waals surface area contributed by atoms with Gasteiger partial charge in [0.25, 0.3) is 0 Å². The van der Waals surface area contributed by atoms with E-state index in [9.17, 15) is 30.0 Å². The normalized spacial score (nSPS) is 32.1. The van der Waals surface area contributed by atoms with Crippen LogP contribution in [0.3, 0.4) is 0 Å². The molecule has 1 fully saturated rings. The molecule has 136 valence electrons. The van der Waals surface area contributed by atoms with Crippen LogP contribution in [0.15, 0.2) is 11.6 Å². The Morgan fingerprint density at radius 2 is 2.04 bits per heavy atom. The highest BCUT2D eigenvalue weighted by Gasteiger charge is 2.45.